The van der Waals surface area contributed by atoms with Crippen molar-refractivity contribution < 1.29 is 22.4 Å². The van der Waals surface area contributed by atoms with Gasteiger partial charge in [-0.15, -0.1) is 0 Å². The number of thioether (sulfide) groups is 1. The van der Waals surface area contributed by atoms with Crippen LogP contribution in [0.25, 0.3) is 0 Å². The number of alkyl halides is 3. The van der Waals surface area contributed by atoms with Gasteiger partial charge in [0, 0.05) is 11.3 Å². The molecule has 2 unspecified atom stereocenters. The fraction of sp³-hybridized carbons (Fsp3) is 0.500. The molecular weight excluding hydrogens is 306 g/mol. The maximum atomic E-state index is 13.9. The van der Waals surface area contributed by atoms with Gasteiger partial charge in [0.15, 0.2) is 0 Å². The van der Waals surface area contributed by atoms with Crippen molar-refractivity contribution in [1.82, 2.24) is 5.32 Å². The molecule has 21 heavy (non-hydrogen) atoms. The average Bonchev–Trinajstić information content (AvgIpc) is 2.84. The average molecular weight is 321 g/mol. The molecule has 2 atom stereocenters. The minimum absolute atomic E-state index is 0.124. The Hall–Kier alpha value is -1.24. The molecule has 7 heteroatoms. The second-order valence-electron chi connectivity index (χ2n) is 4.95. The number of carbonyl (C=O) groups excluding carboxylic acids is 1. The molecule has 1 aliphatic rings. The Morgan fingerprint density at radius 1 is 1.33 bits per heavy atom. The Kier molecular flexibility index (Phi) is 4.81. The molecule has 116 valence electrons. The molecule has 1 saturated carbocycles. The van der Waals surface area contributed by atoms with Gasteiger partial charge in [-0.1, -0.05) is 12.5 Å². The molecule has 2 nitrogen and oxygen atoms in total. The van der Waals surface area contributed by atoms with Gasteiger partial charge >= 0.3 is 6.18 Å². The molecule has 2 rings (SSSR count). The molecule has 0 spiro atoms. The highest BCUT2D eigenvalue weighted by Gasteiger charge is 2.36. The molecule has 1 N–H and O–H groups in total. The van der Waals surface area contributed by atoms with Gasteiger partial charge in [0.05, 0.1) is 11.1 Å². The zero-order valence-corrected chi connectivity index (χ0v) is 12.2. The Morgan fingerprint density at radius 2 is 2.05 bits per heavy atom. The van der Waals surface area contributed by atoms with E-state index in [1.165, 1.54) is 0 Å². The lowest BCUT2D eigenvalue weighted by Gasteiger charge is -2.19. The molecule has 1 aliphatic carbocycles. The topological polar surface area (TPSA) is 29.1 Å². The van der Waals surface area contributed by atoms with Crippen molar-refractivity contribution in [2.24, 2.45) is 0 Å². The number of halogens is 4. The molecule has 1 fully saturated rings. The monoisotopic (exact) mass is 321 g/mol. The van der Waals surface area contributed by atoms with Crippen LogP contribution >= 0.6 is 11.8 Å². The summed E-state index contributed by atoms with van der Waals surface area (Å²) in [6, 6.07) is 2.62. The second-order valence-corrected chi connectivity index (χ2v) is 6.03. The summed E-state index contributed by atoms with van der Waals surface area (Å²) in [7, 11) is 0. The fourth-order valence-corrected chi connectivity index (χ4v) is 3.48. The van der Waals surface area contributed by atoms with Crippen molar-refractivity contribution in [3.05, 3.63) is 35.1 Å². The summed E-state index contributed by atoms with van der Waals surface area (Å²) in [5.74, 6) is -2.30. The van der Waals surface area contributed by atoms with Crippen LogP contribution in [0.1, 0.15) is 35.2 Å². The first-order valence-corrected chi connectivity index (χ1v) is 7.82. The van der Waals surface area contributed by atoms with Crippen molar-refractivity contribution in [2.75, 3.05) is 6.26 Å². The van der Waals surface area contributed by atoms with Gasteiger partial charge in [0.1, 0.15) is 5.82 Å². The van der Waals surface area contributed by atoms with Gasteiger partial charge in [0.2, 0.25) is 0 Å². The molecule has 1 amide bonds. The number of benzene rings is 1. The SMILES string of the molecule is CSC1CCCC1NC(=O)c1cccc(C(F)(F)F)c1F. The van der Waals surface area contributed by atoms with E-state index >= 15 is 0 Å². The van der Waals surface area contributed by atoms with Crippen LogP contribution in [-0.2, 0) is 6.18 Å². The number of amides is 1. The molecule has 0 heterocycles. The standard InChI is InChI=1S/C14H15F4NOS/c1-21-11-7-3-6-10(11)19-13(20)8-4-2-5-9(12(8)15)14(16,17)18/h2,4-5,10-11H,3,6-7H2,1H3,(H,19,20). The second kappa shape index (κ2) is 6.25. The van der Waals surface area contributed by atoms with Gasteiger partial charge in [-0.3, -0.25) is 4.79 Å². The van der Waals surface area contributed by atoms with Crippen LogP contribution in [0, 0.1) is 5.82 Å². The minimum Gasteiger partial charge on any atom is -0.348 e. The van der Waals surface area contributed by atoms with Gasteiger partial charge in [-0.2, -0.15) is 24.9 Å². The summed E-state index contributed by atoms with van der Waals surface area (Å²) in [5.41, 5.74) is -1.97. The van der Waals surface area contributed by atoms with E-state index in [9.17, 15) is 22.4 Å². The molecule has 0 aliphatic heterocycles. The highest BCUT2D eigenvalue weighted by Crippen LogP contribution is 2.33. The molecule has 0 aromatic heterocycles. The van der Waals surface area contributed by atoms with E-state index in [1.807, 2.05) is 6.26 Å². The van der Waals surface area contributed by atoms with E-state index in [0.29, 0.717) is 6.07 Å². The maximum Gasteiger partial charge on any atom is 0.419 e. The summed E-state index contributed by atoms with van der Waals surface area (Å²) in [6.45, 7) is 0. The first kappa shape index (κ1) is 16.1. The van der Waals surface area contributed by atoms with Crippen LogP contribution in [0.2, 0.25) is 0 Å². The van der Waals surface area contributed by atoms with Crippen LogP contribution in [0.3, 0.4) is 0 Å². The van der Waals surface area contributed by atoms with Gasteiger partial charge in [0.25, 0.3) is 5.91 Å². The van der Waals surface area contributed by atoms with Crippen molar-refractivity contribution >= 4 is 17.7 Å². The van der Waals surface area contributed by atoms with Crippen molar-refractivity contribution in [2.45, 2.75) is 36.7 Å². The summed E-state index contributed by atoms with van der Waals surface area (Å²) >= 11 is 1.60. The summed E-state index contributed by atoms with van der Waals surface area (Å²) in [4.78, 5) is 12.0. The van der Waals surface area contributed by atoms with Crippen LogP contribution in [0.15, 0.2) is 18.2 Å². The summed E-state index contributed by atoms with van der Waals surface area (Å²) < 4.78 is 51.8. The highest BCUT2D eigenvalue weighted by atomic mass is 32.2. The van der Waals surface area contributed by atoms with E-state index in [4.69, 9.17) is 0 Å². The Balaban J connectivity index is 2.20. The molecule has 0 saturated heterocycles. The number of rotatable bonds is 3. The lowest BCUT2D eigenvalue weighted by Crippen LogP contribution is -2.39. The Labute approximate surface area is 124 Å². The number of nitrogens with one attached hydrogen (secondary N) is 1. The van der Waals surface area contributed by atoms with Gasteiger partial charge in [-0.25, -0.2) is 4.39 Å². The molecular formula is C14H15F4NOS. The maximum absolute atomic E-state index is 13.9. The Bertz CT molecular complexity index is 532. The number of hydrogen-bond acceptors (Lipinski definition) is 2. The van der Waals surface area contributed by atoms with Crippen LogP contribution in [0.5, 0.6) is 0 Å². The van der Waals surface area contributed by atoms with Crippen LogP contribution < -0.4 is 5.32 Å². The number of hydrogen-bond donors (Lipinski definition) is 1. The fourth-order valence-electron chi connectivity index (χ4n) is 2.55. The third kappa shape index (κ3) is 3.51. The van der Waals surface area contributed by atoms with Crippen molar-refractivity contribution in [1.29, 1.82) is 0 Å². The van der Waals surface area contributed by atoms with Crippen LogP contribution in [-0.4, -0.2) is 23.5 Å². The van der Waals surface area contributed by atoms with Crippen LogP contribution in [0.4, 0.5) is 17.6 Å². The zero-order chi connectivity index (χ0) is 15.6. The minimum atomic E-state index is -4.81. The summed E-state index contributed by atoms with van der Waals surface area (Å²) in [6.07, 6.45) is -0.244. The number of carbonyl (C=O) groups is 1. The lowest BCUT2D eigenvalue weighted by molar-refractivity contribution is -0.140. The van der Waals surface area contributed by atoms with Gasteiger partial charge in [-0.05, 0) is 31.2 Å². The lowest BCUT2D eigenvalue weighted by atomic mass is 10.1. The zero-order valence-electron chi connectivity index (χ0n) is 11.3. The normalized spacial score (nSPS) is 22.3. The smallest absolute Gasteiger partial charge is 0.348 e. The van der Waals surface area contributed by atoms with E-state index < -0.39 is 29.0 Å². The van der Waals surface area contributed by atoms with E-state index in [0.717, 1.165) is 31.4 Å². The Morgan fingerprint density at radius 3 is 2.67 bits per heavy atom. The van der Waals surface area contributed by atoms with Gasteiger partial charge < -0.3 is 5.32 Å². The third-order valence-corrected chi connectivity index (χ3v) is 4.79. The first-order chi connectivity index (χ1) is 9.84. The van der Waals surface area contributed by atoms with E-state index in [2.05, 4.69) is 5.32 Å². The molecule has 0 radical (unpaired) electrons. The molecule has 1 aromatic rings. The largest absolute Gasteiger partial charge is 0.419 e. The van der Waals surface area contributed by atoms with Crippen molar-refractivity contribution in [3.63, 3.8) is 0 Å². The predicted molar refractivity (Wildman–Crippen MR) is 73.8 cm³/mol. The molecule has 0 bridgehead atoms. The third-order valence-electron chi connectivity index (χ3n) is 3.62. The van der Waals surface area contributed by atoms with E-state index in [1.54, 1.807) is 11.8 Å². The summed E-state index contributed by atoms with van der Waals surface area (Å²) in [5, 5.41) is 2.87. The quantitative estimate of drug-likeness (QED) is 0.857. The van der Waals surface area contributed by atoms with E-state index in [-0.39, 0.29) is 11.3 Å². The highest BCUT2D eigenvalue weighted by molar-refractivity contribution is 7.99. The van der Waals surface area contributed by atoms with Crippen molar-refractivity contribution in [3.8, 4) is 0 Å². The predicted octanol–water partition coefficient (Wildman–Crippen LogP) is 3.86. The first-order valence-electron chi connectivity index (χ1n) is 6.54. The molecule has 1 aromatic carbocycles.